The Morgan fingerprint density at radius 1 is 0.553 bits per heavy atom. The highest BCUT2D eigenvalue weighted by molar-refractivity contribution is 7.91. The molecule has 44 N–H and O–H groups in total. The largest absolute Gasteiger partial charge is 0.471 e. The van der Waals surface area contributed by atoms with E-state index in [4.69, 9.17) is 4.74 Å². The molecular formula is C44H138F6N12O18S5. The van der Waals surface area contributed by atoms with Gasteiger partial charge < -0.3 is 128 Å². The Morgan fingerprint density at radius 2 is 0.918 bits per heavy atom. The summed E-state index contributed by atoms with van der Waals surface area (Å²) in [7, 11) is -3.31. The summed E-state index contributed by atoms with van der Waals surface area (Å²) in [5.74, 6) is 3.90. The predicted molar refractivity (Wildman–Crippen MR) is 354 cm³/mol. The van der Waals surface area contributed by atoms with E-state index in [-0.39, 0.29) is 184 Å². The van der Waals surface area contributed by atoms with Crippen LogP contribution in [0.5, 0.6) is 0 Å². The molecule has 85 heavy (non-hydrogen) atoms. The smallest absolute Gasteiger partial charge is 0.412 e. The van der Waals surface area contributed by atoms with Crippen LogP contribution >= 0.6 is 40.5 Å². The Bertz CT molecular complexity index is 1490. The van der Waals surface area contributed by atoms with Crippen LogP contribution < -0.4 is 48.4 Å². The minimum atomic E-state index is -4.70. The number of sulfone groups is 1. The van der Waals surface area contributed by atoms with Crippen LogP contribution in [0.3, 0.4) is 0 Å². The number of likely N-dealkylation sites (tertiary alicyclic amines) is 3. The standard InChI is InChI=1S/C7H10F3NO.C7H13NO.C6H13NO2S.C6H13N.C5H11N.C5H10O2S.C5H10O.CHF3.2CH4.7H3N.11H2O.3H2S/c1-5-2-3-11(4-5)6(12)7(8,9)10;1-6-3-4-8(5-6)7(2)9;1-6-3-4-7(5-6)10(2,8)9;1-6-3-4-7(2)5-6;1-5-2-3-6-4-5;1-5-2-3-8(6,7)4-5;1-5-2-3-6-4-5;2-1(3)4;;;;;;;;;;;;;;;;;;;;;;;/h5H,2-4H2,1H3;6H,3-5H2,1-2H3;6H,3-5H2,1-2H3;6H,3-5H2,1-2H3;5-6H,2-4H2,1H3;5H,2-4H2,1H3;5H,2-4H2,1H3;1H;2*1H4;7*1H3;14*1H2/t5-;3*6-;3*5-;;;;;;;;;;;;;;;;;;;;;;;;/m1111111......................../s1. The summed E-state index contributed by atoms with van der Waals surface area (Å²) in [4.78, 5) is 26.5. The zero-order chi connectivity index (χ0) is 47.8. The Kier molecular flexibility index (Phi) is 156. The molecule has 2 amide bonds. The maximum atomic E-state index is 11.8. The average molecular weight is 1400 g/mol. The zero-order valence-corrected chi connectivity index (χ0v) is 55.8. The first kappa shape index (κ1) is 161. The molecule has 0 aromatic rings. The molecule has 0 aliphatic carbocycles. The molecule has 0 spiro atoms. The number of carbonyl (C=O) groups excluding carboxylic acids is 2. The number of carbonyl (C=O) groups is 2. The van der Waals surface area contributed by atoms with Crippen molar-refractivity contribution in [3.05, 3.63) is 0 Å². The highest BCUT2D eigenvalue weighted by Gasteiger charge is 2.44. The minimum Gasteiger partial charge on any atom is -0.412 e. The van der Waals surface area contributed by atoms with E-state index in [9.17, 15) is 52.8 Å². The molecule has 7 aliphatic heterocycles. The van der Waals surface area contributed by atoms with Crippen molar-refractivity contribution < 1.29 is 118 Å². The molecule has 0 radical (unpaired) electrons. The van der Waals surface area contributed by atoms with Gasteiger partial charge in [0, 0.05) is 66.0 Å². The molecule has 0 bridgehead atoms. The number of hydrogen-bond acceptors (Lipinski definition) is 16. The Balaban J connectivity index is -0.0000000221. The van der Waals surface area contributed by atoms with Gasteiger partial charge in [-0.05, 0) is 113 Å². The van der Waals surface area contributed by atoms with Crippen LogP contribution in [0, 0.1) is 41.4 Å². The summed E-state index contributed by atoms with van der Waals surface area (Å²) in [6, 6.07) is 0. The topological polar surface area (TPSA) is 728 Å². The third-order valence-electron chi connectivity index (χ3n) is 11.2. The lowest BCUT2D eigenvalue weighted by Gasteiger charge is -2.17. The van der Waals surface area contributed by atoms with Crippen LogP contribution in [-0.2, 0) is 34.2 Å². The zero-order valence-electron chi connectivity index (χ0n) is 51.1. The van der Waals surface area contributed by atoms with E-state index in [0.29, 0.717) is 48.8 Å². The van der Waals surface area contributed by atoms with Crippen molar-refractivity contribution in [3.63, 3.8) is 0 Å². The van der Waals surface area contributed by atoms with E-state index in [2.05, 4.69) is 51.9 Å². The van der Waals surface area contributed by atoms with E-state index < -0.39 is 38.6 Å². The molecule has 7 heterocycles. The molecule has 41 heteroatoms. The Labute approximate surface area is 528 Å². The van der Waals surface area contributed by atoms with Crippen molar-refractivity contribution in [1.82, 2.24) is 67.4 Å². The number of nitrogens with zero attached hydrogens (tertiary/aromatic N) is 4. The van der Waals surface area contributed by atoms with Crippen molar-refractivity contribution in [3.8, 4) is 0 Å². The molecule has 7 fully saturated rings. The van der Waals surface area contributed by atoms with Gasteiger partial charge >= 0.3 is 18.8 Å². The normalized spacial score (nSPS) is 21.2. The van der Waals surface area contributed by atoms with E-state index in [1.807, 2.05) is 18.7 Å². The summed E-state index contributed by atoms with van der Waals surface area (Å²) >= 11 is 0. The van der Waals surface area contributed by atoms with Gasteiger partial charge in [-0.25, -0.2) is 21.1 Å². The van der Waals surface area contributed by atoms with Gasteiger partial charge in [-0.15, -0.1) is 0 Å². The van der Waals surface area contributed by atoms with Gasteiger partial charge in [-0.2, -0.15) is 66.8 Å². The van der Waals surface area contributed by atoms with Crippen LogP contribution in [0.4, 0.5) is 26.3 Å². The second kappa shape index (κ2) is 82.6. The Morgan fingerprint density at radius 3 is 1.05 bits per heavy atom. The summed E-state index contributed by atoms with van der Waals surface area (Å²) in [6.45, 7) is 23.7. The molecule has 30 nitrogen and oxygen atoms in total. The van der Waals surface area contributed by atoms with Gasteiger partial charge in [-0.3, -0.25) is 9.59 Å². The van der Waals surface area contributed by atoms with Gasteiger partial charge in [-0.1, -0.05) is 63.3 Å². The van der Waals surface area contributed by atoms with Crippen molar-refractivity contribution in [2.24, 2.45) is 41.4 Å². The first-order valence-corrected chi connectivity index (χ1v) is 25.9. The fourth-order valence-corrected chi connectivity index (χ4v) is 10.2. The maximum absolute atomic E-state index is 11.8. The molecule has 7 rings (SSSR count). The fourth-order valence-electron chi connectivity index (χ4n) is 7.30. The lowest BCUT2D eigenvalue weighted by atomic mass is 10.2. The number of alkyl halides is 6. The molecule has 0 unspecified atom stereocenters. The number of hydrogen-bond donors (Lipinski definition) is 8. The van der Waals surface area contributed by atoms with Crippen molar-refractivity contribution in [2.75, 3.05) is 103 Å². The molecular weight excluding hydrogens is 1260 g/mol. The third-order valence-corrected chi connectivity index (χ3v) is 14.4. The molecule has 0 saturated carbocycles. The lowest BCUT2D eigenvalue weighted by Crippen LogP contribution is -2.39. The molecule has 0 aromatic carbocycles. The van der Waals surface area contributed by atoms with E-state index >= 15 is 0 Å². The molecule has 7 aliphatic rings. The first-order valence-electron chi connectivity index (χ1n) is 22.2. The second-order valence-electron chi connectivity index (χ2n) is 18.5. The van der Waals surface area contributed by atoms with Crippen molar-refractivity contribution in [2.45, 2.75) is 128 Å². The van der Waals surface area contributed by atoms with Gasteiger partial charge in [0.25, 0.3) is 0 Å². The summed E-state index contributed by atoms with van der Waals surface area (Å²) in [5.41, 5.74) is 0. The number of nitrogens with one attached hydrogen (secondary N) is 1. The fraction of sp³-hybridized carbons (Fsp3) is 0.955. The monoisotopic (exact) mass is 1400 g/mol. The first-order chi connectivity index (χ1) is 28.5. The SMILES string of the molecule is C.C.CC(=O)N1CC[C@@H](C)C1.C[C@@H]1CCN(C(=O)C(F)(F)F)C1.C[C@@H]1CCN(C)C1.C[C@@H]1CCN(S(C)(=O)=O)C1.C[C@@H]1CCNC1.C[C@@H]1CCOC1.C[C@@H]1CCS(=O)(=O)C1.FC(F)F.N.N.N.N.N.N.N.O.O.O.O.O.O.O.O.O.O.O.S.S.S. The van der Waals surface area contributed by atoms with Crippen LogP contribution in [0.2, 0.25) is 0 Å². The average Bonchev–Trinajstić information content (AvgIpc) is 4.00. The summed E-state index contributed by atoms with van der Waals surface area (Å²) in [5, 5.41) is 3.27. The highest BCUT2D eigenvalue weighted by Crippen LogP contribution is 2.24. The van der Waals surface area contributed by atoms with E-state index in [0.717, 1.165) is 61.8 Å². The third kappa shape index (κ3) is 84.7. The lowest BCUT2D eigenvalue weighted by molar-refractivity contribution is -0.184. The quantitative estimate of drug-likeness (QED) is 0.166. The number of amides is 2. The highest BCUT2D eigenvalue weighted by atomic mass is 32.2. The van der Waals surface area contributed by atoms with Gasteiger partial charge in [0.05, 0.1) is 17.8 Å². The van der Waals surface area contributed by atoms with Crippen molar-refractivity contribution in [1.29, 1.82) is 0 Å². The van der Waals surface area contributed by atoms with Crippen LogP contribution in [-0.4, -0.2) is 224 Å². The molecule has 7 saturated heterocycles. The van der Waals surface area contributed by atoms with Crippen LogP contribution in [0.25, 0.3) is 0 Å². The van der Waals surface area contributed by atoms with E-state index in [1.54, 1.807) is 6.92 Å². The van der Waals surface area contributed by atoms with Gasteiger partial charge in [0.1, 0.15) is 0 Å². The maximum Gasteiger partial charge on any atom is 0.471 e. The second-order valence-corrected chi connectivity index (χ2v) is 22.7. The number of rotatable bonds is 1. The Hall–Kier alpha value is -1.41. The molecule has 7 atom stereocenters. The van der Waals surface area contributed by atoms with Crippen LogP contribution in [0.1, 0.15) is 115 Å². The number of sulfonamides is 1. The molecule has 554 valence electrons. The van der Waals surface area contributed by atoms with Gasteiger partial charge in [0.2, 0.25) is 15.9 Å². The van der Waals surface area contributed by atoms with Gasteiger partial charge in [0.15, 0.2) is 9.84 Å². The number of ether oxygens (including phenoxy) is 1. The summed E-state index contributed by atoms with van der Waals surface area (Å²) < 4.78 is 114. The predicted octanol–water partition coefficient (Wildman–Crippen LogP) is 0.489. The molecule has 0 aromatic heterocycles. The van der Waals surface area contributed by atoms with Crippen LogP contribution in [0.15, 0.2) is 0 Å². The summed E-state index contributed by atoms with van der Waals surface area (Å²) in [6.07, 6.45) is 4.32. The van der Waals surface area contributed by atoms with E-state index in [1.165, 1.54) is 62.4 Å². The van der Waals surface area contributed by atoms with Crippen molar-refractivity contribution >= 4 is 72.2 Å². The number of halogens is 6. The minimum absolute atomic E-state index is 0.